The lowest BCUT2D eigenvalue weighted by Gasteiger charge is -2.26. The summed E-state index contributed by atoms with van der Waals surface area (Å²) < 4.78 is 0. The van der Waals surface area contributed by atoms with E-state index in [-0.39, 0.29) is 0 Å². The number of hydrogen-bond donors (Lipinski definition) is 2. The molecule has 1 aromatic carbocycles. The molecule has 0 amide bonds. The molecule has 2 heterocycles. The van der Waals surface area contributed by atoms with Crippen molar-refractivity contribution in [3.63, 3.8) is 0 Å². The molecule has 2 aromatic rings. The SMILES string of the molecule is Cc1ccc2c3c(c(N)nc2c1)N=CC(C)(N)C3. The lowest BCUT2D eigenvalue weighted by atomic mass is 9.89. The monoisotopic (exact) mass is 240 g/mol. The number of aromatic nitrogens is 1. The number of aryl methyl sites for hydroxylation is 1. The molecule has 0 radical (unpaired) electrons. The predicted octanol–water partition coefficient (Wildman–Crippen LogP) is 2.10. The average Bonchev–Trinajstić information content (AvgIpc) is 2.27. The maximum absolute atomic E-state index is 6.15. The average molecular weight is 240 g/mol. The minimum absolute atomic E-state index is 0.418. The molecule has 0 fully saturated rings. The fraction of sp³-hybridized carbons (Fsp3) is 0.286. The quantitative estimate of drug-likeness (QED) is 0.740. The van der Waals surface area contributed by atoms with Crippen LogP contribution in [-0.2, 0) is 6.42 Å². The number of nitrogen functional groups attached to an aromatic ring is 1. The van der Waals surface area contributed by atoms with E-state index in [0.29, 0.717) is 5.82 Å². The molecule has 92 valence electrons. The van der Waals surface area contributed by atoms with Crippen molar-refractivity contribution in [1.82, 2.24) is 4.98 Å². The second-order valence-electron chi connectivity index (χ2n) is 5.29. The van der Waals surface area contributed by atoms with Crippen molar-refractivity contribution in [2.24, 2.45) is 10.7 Å². The van der Waals surface area contributed by atoms with Crippen LogP contribution in [0.25, 0.3) is 10.9 Å². The maximum Gasteiger partial charge on any atom is 0.150 e. The Labute approximate surface area is 106 Å². The number of aliphatic imine (C=N–C) groups is 1. The van der Waals surface area contributed by atoms with Crippen molar-refractivity contribution < 1.29 is 0 Å². The highest BCUT2D eigenvalue weighted by molar-refractivity contribution is 5.94. The molecule has 4 N–H and O–H groups in total. The number of nitrogens with two attached hydrogens (primary N) is 2. The van der Waals surface area contributed by atoms with E-state index in [1.165, 1.54) is 5.56 Å². The van der Waals surface area contributed by atoms with Crippen LogP contribution >= 0.6 is 0 Å². The van der Waals surface area contributed by atoms with Crippen molar-refractivity contribution in [3.8, 4) is 0 Å². The number of rotatable bonds is 0. The number of fused-ring (bicyclic) bond motifs is 3. The van der Waals surface area contributed by atoms with Gasteiger partial charge >= 0.3 is 0 Å². The molecular weight excluding hydrogens is 224 g/mol. The summed E-state index contributed by atoms with van der Waals surface area (Å²) in [6.45, 7) is 4.01. The zero-order chi connectivity index (χ0) is 12.9. The largest absolute Gasteiger partial charge is 0.382 e. The summed E-state index contributed by atoms with van der Waals surface area (Å²) in [5.74, 6) is 0.481. The van der Waals surface area contributed by atoms with Crippen LogP contribution in [0.1, 0.15) is 18.1 Å². The molecule has 1 aromatic heterocycles. The summed E-state index contributed by atoms with van der Waals surface area (Å²) >= 11 is 0. The van der Waals surface area contributed by atoms with Crippen LogP contribution in [0.5, 0.6) is 0 Å². The van der Waals surface area contributed by atoms with Gasteiger partial charge in [0, 0.05) is 11.6 Å². The number of hydrogen-bond acceptors (Lipinski definition) is 4. The Balaban J connectivity index is 2.36. The van der Waals surface area contributed by atoms with Crippen LogP contribution in [0.3, 0.4) is 0 Å². The molecule has 1 atom stereocenters. The van der Waals surface area contributed by atoms with Crippen LogP contribution in [0.2, 0.25) is 0 Å². The van der Waals surface area contributed by atoms with Crippen LogP contribution in [0.15, 0.2) is 23.2 Å². The normalized spacial score (nSPS) is 22.2. The summed E-state index contributed by atoms with van der Waals surface area (Å²) in [7, 11) is 0. The van der Waals surface area contributed by atoms with Gasteiger partial charge in [-0.3, -0.25) is 4.99 Å². The van der Waals surface area contributed by atoms with Gasteiger partial charge in [0.05, 0.1) is 11.1 Å². The highest BCUT2D eigenvalue weighted by atomic mass is 14.9. The summed E-state index contributed by atoms with van der Waals surface area (Å²) in [4.78, 5) is 8.80. The first-order valence-electron chi connectivity index (χ1n) is 5.99. The number of anilines is 1. The third kappa shape index (κ3) is 1.66. The summed E-state index contributed by atoms with van der Waals surface area (Å²) in [5, 5.41) is 1.10. The van der Waals surface area contributed by atoms with Crippen LogP contribution in [0, 0.1) is 6.92 Å². The molecule has 1 unspecified atom stereocenters. The van der Waals surface area contributed by atoms with Gasteiger partial charge in [-0.05, 0) is 37.5 Å². The fourth-order valence-corrected chi connectivity index (χ4v) is 2.42. The van der Waals surface area contributed by atoms with E-state index in [1.807, 2.05) is 19.9 Å². The van der Waals surface area contributed by atoms with Gasteiger partial charge in [-0.25, -0.2) is 4.98 Å². The standard InChI is InChI=1S/C14H16N4/c1-8-3-4-9-10-6-14(2,16)7-17-12(10)13(15)18-11(9)5-8/h3-5,7H,6,16H2,1-2H3,(H2,15,18). The van der Waals surface area contributed by atoms with Gasteiger partial charge in [-0.15, -0.1) is 0 Å². The number of nitrogens with zero attached hydrogens (tertiary/aromatic N) is 2. The van der Waals surface area contributed by atoms with Gasteiger partial charge in [0.25, 0.3) is 0 Å². The van der Waals surface area contributed by atoms with Gasteiger partial charge < -0.3 is 11.5 Å². The van der Waals surface area contributed by atoms with E-state index in [4.69, 9.17) is 11.5 Å². The molecule has 0 spiro atoms. The Morgan fingerprint density at radius 1 is 1.33 bits per heavy atom. The van der Waals surface area contributed by atoms with E-state index in [2.05, 4.69) is 22.1 Å². The van der Waals surface area contributed by atoms with Crippen LogP contribution in [0.4, 0.5) is 11.5 Å². The molecule has 4 nitrogen and oxygen atoms in total. The Kier molecular flexibility index (Phi) is 2.19. The van der Waals surface area contributed by atoms with E-state index >= 15 is 0 Å². The first kappa shape index (κ1) is 11.2. The minimum Gasteiger partial charge on any atom is -0.382 e. The van der Waals surface area contributed by atoms with Crippen molar-refractivity contribution in [3.05, 3.63) is 29.3 Å². The summed E-state index contributed by atoms with van der Waals surface area (Å²) in [5.41, 5.74) is 15.7. The van der Waals surface area contributed by atoms with Gasteiger partial charge in [-0.1, -0.05) is 12.1 Å². The van der Waals surface area contributed by atoms with E-state index in [9.17, 15) is 0 Å². The van der Waals surface area contributed by atoms with Gasteiger partial charge in [0.1, 0.15) is 11.5 Å². The predicted molar refractivity (Wildman–Crippen MR) is 75.3 cm³/mol. The van der Waals surface area contributed by atoms with E-state index < -0.39 is 5.54 Å². The van der Waals surface area contributed by atoms with Crippen LogP contribution in [-0.4, -0.2) is 16.7 Å². The molecule has 4 heteroatoms. The number of benzene rings is 1. The fourth-order valence-electron chi connectivity index (χ4n) is 2.42. The number of pyridine rings is 1. The first-order chi connectivity index (χ1) is 8.46. The van der Waals surface area contributed by atoms with Crippen molar-refractivity contribution in [1.29, 1.82) is 0 Å². The zero-order valence-electron chi connectivity index (χ0n) is 10.6. The highest BCUT2D eigenvalue weighted by Crippen LogP contribution is 2.36. The lowest BCUT2D eigenvalue weighted by Crippen LogP contribution is -2.41. The van der Waals surface area contributed by atoms with E-state index in [1.54, 1.807) is 6.21 Å². The first-order valence-corrected chi connectivity index (χ1v) is 5.99. The van der Waals surface area contributed by atoms with Crippen LogP contribution < -0.4 is 11.5 Å². The molecular formula is C14H16N4. The second-order valence-corrected chi connectivity index (χ2v) is 5.29. The van der Waals surface area contributed by atoms with Gasteiger partial charge in [0.15, 0.2) is 0 Å². The molecule has 0 saturated carbocycles. The molecule has 1 aliphatic rings. The van der Waals surface area contributed by atoms with Gasteiger partial charge in [0.2, 0.25) is 0 Å². The van der Waals surface area contributed by atoms with Crippen molar-refractivity contribution in [2.45, 2.75) is 25.8 Å². The molecule has 1 aliphatic heterocycles. The minimum atomic E-state index is -0.418. The Morgan fingerprint density at radius 2 is 2.11 bits per heavy atom. The third-order valence-corrected chi connectivity index (χ3v) is 3.29. The van der Waals surface area contributed by atoms with Gasteiger partial charge in [-0.2, -0.15) is 0 Å². The zero-order valence-corrected chi connectivity index (χ0v) is 10.6. The summed E-state index contributed by atoms with van der Waals surface area (Å²) in [6.07, 6.45) is 2.49. The Bertz CT molecular complexity index is 671. The molecule has 0 saturated heterocycles. The Morgan fingerprint density at radius 3 is 2.89 bits per heavy atom. The van der Waals surface area contributed by atoms with Crippen molar-refractivity contribution >= 4 is 28.6 Å². The molecule has 0 bridgehead atoms. The van der Waals surface area contributed by atoms with Crippen molar-refractivity contribution in [2.75, 3.05) is 5.73 Å². The topological polar surface area (TPSA) is 77.3 Å². The third-order valence-electron chi connectivity index (χ3n) is 3.29. The molecule has 18 heavy (non-hydrogen) atoms. The molecule has 3 rings (SSSR count). The second kappa shape index (κ2) is 3.53. The Hall–Kier alpha value is -1.94. The molecule has 0 aliphatic carbocycles. The van der Waals surface area contributed by atoms with E-state index in [0.717, 1.165) is 28.6 Å². The lowest BCUT2D eigenvalue weighted by molar-refractivity contribution is 0.629. The smallest absolute Gasteiger partial charge is 0.150 e. The maximum atomic E-state index is 6.15. The highest BCUT2D eigenvalue weighted by Gasteiger charge is 2.26. The summed E-state index contributed by atoms with van der Waals surface area (Å²) in [6, 6.07) is 6.19.